The second kappa shape index (κ2) is 4.72. The van der Waals surface area contributed by atoms with Crippen LogP contribution in [-0.4, -0.2) is 24.3 Å². The zero-order chi connectivity index (χ0) is 14.2. The molecule has 2 heterocycles. The van der Waals surface area contributed by atoms with Gasteiger partial charge in [-0.2, -0.15) is 0 Å². The number of ether oxygens (including phenoxy) is 1. The molecule has 0 bridgehead atoms. The first-order valence-electron chi connectivity index (χ1n) is 6.19. The van der Waals surface area contributed by atoms with Gasteiger partial charge < -0.3 is 14.6 Å². The molecule has 0 radical (unpaired) electrons. The maximum atomic E-state index is 13.9. The SMILES string of the molecule is Cc1cc(C(=O)NC2(c3ccccc3F)COC2)no1. The van der Waals surface area contributed by atoms with Crippen molar-refractivity contribution in [2.75, 3.05) is 13.2 Å². The van der Waals surface area contributed by atoms with E-state index in [9.17, 15) is 9.18 Å². The summed E-state index contributed by atoms with van der Waals surface area (Å²) in [5.74, 6) is -0.235. The third-order valence-corrected chi connectivity index (χ3v) is 3.30. The Balaban J connectivity index is 1.87. The fourth-order valence-electron chi connectivity index (χ4n) is 2.21. The summed E-state index contributed by atoms with van der Waals surface area (Å²) in [6, 6.07) is 7.87. The summed E-state index contributed by atoms with van der Waals surface area (Å²) in [4.78, 5) is 12.1. The van der Waals surface area contributed by atoms with Gasteiger partial charge in [-0.3, -0.25) is 4.79 Å². The molecule has 1 saturated heterocycles. The molecule has 104 valence electrons. The Kier molecular flexibility index (Phi) is 3.02. The number of amides is 1. The first-order valence-corrected chi connectivity index (χ1v) is 6.19. The van der Waals surface area contributed by atoms with E-state index in [1.54, 1.807) is 25.1 Å². The van der Waals surface area contributed by atoms with Gasteiger partial charge in [0.15, 0.2) is 5.69 Å². The van der Waals surface area contributed by atoms with Crippen molar-refractivity contribution in [3.05, 3.63) is 53.2 Å². The molecule has 1 N–H and O–H groups in total. The van der Waals surface area contributed by atoms with E-state index in [-0.39, 0.29) is 24.7 Å². The maximum Gasteiger partial charge on any atom is 0.274 e. The Morgan fingerprint density at radius 2 is 2.15 bits per heavy atom. The van der Waals surface area contributed by atoms with Gasteiger partial charge in [0.2, 0.25) is 0 Å². The van der Waals surface area contributed by atoms with E-state index in [1.165, 1.54) is 12.1 Å². The lowest BCUT2D eigenvalue weighted by molar-refractivity contribution is -0.0750. The number of carbonyl (C=O) groups is 1. The number of nitrogens with one attached hydrogen (secondary N) is 1. The Labute approximate surface area is 114 Å². The van der Waals surface area contributed by atoms with Gasteiger partial charge in [0.25, 0.3) is 5.91 Å². The molecule has 0 spiro atoms. The number of carbonyl (C=O) groups excluding carboxylic acids is 1. The van der Waals surface area contributed by atoms with Gasteiger partial charge in [-0.1, -0.05) is 23.4 Å². The van der Waals surface area contributed by atoms with Gasteiger partial charge in [-0.05, 0) is 13.0 Å². The molecule has 0 aliphatic carbocycles. The van der Waals surface area contributed by atoms with Crippen LogP contribution in [0.1, 0.15) is 21.8 Å². The number of hydrogen-bond donors (Lipinski definition) is 1. The Bertz CT molecular complexity index is 649. The minimum absolute atomic E-state index is 0.171. The van der Waals surface area contributed by atoms with Gasteiger partial charge in [0.05, 0.1) is 13.2 Å². The number of aryl methyl sites for hydroxylation is 1. The van der Waals surface area contributed by atoms with Crippen LogP contribution in [0.4, 0.5) is 4.39 Å². The summed E-state index contributed by atoms with van der Waals surface area (Å²) >= 11 is 0. The predicted octanol–water partition coefficient (Wildman–Crippen LogP) is 1.78. The number of benzene rings is 1. The number of aromatic nitrogens is 1. The van der Waals surface area contributed by atoms with E-state index in [4.69, 9.17) is 9.26 Å². The van der Waals surface area contributed by atoms with Crippen molar-refractivity contribution in [3.8, 4) is 0 Å². The van der Waals surface area contributed by atoms with E-state index in [0.717, 1.165) is 0 Å². The quantitative estimate of drug-likeness (QED) is 0.928. The highest BCUT2D eigenvalue weighted by molar-refractivity contribution is 5.93. The molecule has 1 aliphatic rings. The summed E-state index contributed by atoms with van der Waals surface area (Å²) in [5, 5.41) is 6.44. The number of hydrogen-bond acceptors (Lipinski definition) is 4. The van der Waals surface area contributed by atoms with E-state index < -0.39 is 11.4 Å². The van der Waals surface area contributed by atoms with Crippen molar-refractivity contribution < 1.29 is 18.4 Å². The Hall–Kier alpha value is -2.21. The summed E-state index contributed by atoms with van der Waals surface area (Å²) in [5.41, 5.74) is -0.250. The first kappa shape index (κ1) is 12.8. The van der Waals surface area contributed by atoms with Crippen LogP contribution in [-0.2, 0) is 10.3 Å². The standard InChI is InChI=1S/C14H13FN2O3/c1-9-6-12(17-20-9)13(18)16-14(7-19-8-14)10-4-2-3-5-11(10)15/h2-6H,7-8H2,1H3,(H,16,18). The Morgan fingerprint density at radius 3 is 2.70 bits per heavy atom. The lowest BCUT2D eigenvalue weighted by Gasteiger charge is -2.42. The number of rotatable bonds is 3. The minimum Gasteiger partial charge on any atom is -0.376 e. The van der Waals surface area contributed by atoms with Crippen molar-refractivity contribution in [1.82, 2.24) is 10.5 Å². The molecule has 1 amide bonds. The molecule has 6 heteroatoms. The number of nitrogens with zero attached hydrogens (tertiary/aromatic N) is 1. The molecule has 2 aromatic rings. The molecule has 5 nitrogen and oxygen atoms in total. The third-order valence-electron chi connectivity index (χ3n) is 3.30. The van der Waals surface area contributed by atoms with Crippen LogP contribution in [0.25, 0.3) is 0 Å². The highest BCUT2D eigenvalue weighted by atomic mass is 19.1. The van der Waals surface area contributed by atoms with Crippen molar-refractivity contribution in [3.63, 3.8) is 0 Å². The van der Waals surface area contributed by atoms with Crippen LogP contribution >= 0.6 is 0 Å². The molecule has 1 aromatic heterocycles. The van der Waals surface area contributed by atoms with Crippen molar-refractivity contribution in [1.29, 1.82) is 0 Å². The van der Waals surface area contributed by atoms with Gasteiger partial charge in [-0.25, -0.2) is 4.39 Å². The molecule has 1 aliphatic heterocycles. The highest BCUT2D eigenvalue weighted by Crippen LogP contribution is 2.31. The lowest BCUT2D eigenvalue weighted by Crippen LogP contribution is -2.59. The Morgan fingerprint density at radius 1 is 1.40 bits per heavy atom. The third kappa shape index (κ3) is 2.08. The summed E-state index contributed by atoms with van der Waals surface area (Å²) < 4.78 is 24.0. The van der Waals surface area contributed by atoms with Crippen molar-refractivity contribution >= 4 is 5.91 Å². The average molecular weight is 276 g/mol. The number of halogens is 1. The highest BCUT2D eigenvalue weighted by Gasteiger charge is 2.44. The van der Waals surface area contributed by atoms with Crippen LogP contribution in [0, 0.1) is 12.7 Å². The monoisotopic (exact) mass is 276 g/mol. The molecule has 0 saturated carbocycles. The zero-order valence-electron chi connectivity index (χ0n) is 10.9. The smallest absolute Gasteiger partial charge is 0.274 e. The van der Waals surface area contributed by atoms with E-state index >= 15 is 0 Å². The molecular formula is C14H13FN2O3. The molecule has 3 rings (SSSR count). The van der Waals surface area contributed by atoms with E-state index in [2.05, 4.69) is 10.5 Å². The minimum atomic E-state index is -0.838. The second-order valence-corrected chi connectivity index (χ2v) is 4.83. The first-order chi connectivity index (χ1) is 9.61. The fraction of sp³-hybridized carbons (Fsp3) is 0.286. The van der Waals surface area contributed by atoms with Crippen molar-refractivity contribution in [2.45, 2.75) is 12.5 Å². The summed E-state index contributed by atoms with van der Waals surface area (Å²) in [6.45, 7) is 2.16. The molecule has 20 heavy (non-hydrogen) atoms. The molecule has 0 atom stereocenters. The van der Waals surface area contributed by atoms with Crippen LogP contribution in [0.3, 0.4) is 0 Å². The topological polar surface area (TPSA) is 64.4 Å². The lowest BCUT2D eigenvalue weighted by atomic mass is 9.87. The van der Waals surface area contributed by atoms with Gasteiger partial charge in [-0.15, -0.1) is 0 Å². The van der Waals surface area contributed by atoms with Gasteiger partial charge in [0.1, 0.15) is 17.1 Å². The van der Waals surface area contributed by atoms with Gasteiger partial charge >= 0.3 is 0 Å². The van der Waals surface area contributed by atoms with Crippen LogP contribution in [0.2, 0.25) is 0 Å². The molecule has 1 fully saturated rings. The molecule has 0 unspecified atom stereocenters. The summed E-state index contributed by atoms with van der Waals surface area (Å²) in [7, 11) is 0. The van der Waals surface area contributed by atoms with Crippen molar-refractivity contribution in [2.24, 2.45) is 0 Å². The van der Waals surface area contributed by atoms with Crippen LogP contribution in [0.15, 0.2) is 34.9 Å². The fourth-order valence-corrected chi connectivity index (χ4v) is 2.21. The van der Waals surface area contributed by atoms with Crippen LogP contribution < -0.4 is 5.32 Å². The molecule has 1 aromatic carbocycles. The predicted molar refractivity (Wildman–Crippen MR) is 67.6 cm³/mol. The summed E-state index contributed by atoms with van der Waals surface area (Å²) in [6.07, 6.45) is 0. The second-order valence-electron chi connectivity index (χ2n) is 4.83. The zero-order valence-corrected chi connectivity index (χ0v) is 10.9. The normalized spacial score (nSPS) is 16.5. The van der Waals surface area contributed by atoms with E-state index in [1.807, 2.05) is 0 Å². The average Bonchev–Trinajstić information content (AvgIpc) is 2.81. The van der Waals surface area contributed by atoms with Gasteiger partial charge in [0, 0.05) is 11.6 Å². The largest absolute Gasteiger partial charge is 0.376 e. The maximum absolute atomic E-state index is 13.9. The van der Waals surface area contributed by atoms with E-state index in [0.29, 0.717) is 11.3 Å². The molecular weight excluding hydrogens is 263 g/mol. The van der Waals surface area contributed by atoms with Crippen LogP contribution in [0.5, 0.6) is 0 Å².